The number of fused-ring (bicyclic) bond motifs is 3. The van der Waals surface area contributed by atoms with E-state index in [0.29, 0.717) is 0 Å². The molecule has 96 valence electrons. The monoisotopic (exact) mass is 259 g/mol. The molecular weight excluding hydrogens is 246 g/mol. The normalized spacial score (nSPS) is 11.2. The quantitative estimate of drug-likeness (QED) is 0.520. The number of rotatable bonds is 1. The first-order chi connectivity index (χ1) is 9.84. The summed E-state index contributed by atoms with van der Waals surface area (Å²) in [5.74, 6) is 0. The third-order valence-corrected chi connectivity index (χ3v) is 3.72. The Labute approximate surface area is 116 Å². The zero-order chi connectivity index (χ0) is 13.5. The molecule has 0 saturated carbocycles. The molecule has 0 amide bonds. The Kier molecular flexibility index (Phi) is 2.33. The molecule has 4 aromatic rings. The molecule has 2 aromatic heterocycles. The fraction of sp³-hybridized carbons (Fsp3) is 0.0588. The van der Waals surface area contributed by atoms with Crippen LogP contribution < -0.4 is 0 Å². The maximum Gasteiger partial charge on any atom is 0.163 e. The Morgan fingerprint density at radius 2 is 1.55 bits per heavy atom. The Bertz CT molecular complexity index is 907. The topological polar surface area (TPSA) is 30.7 Å². The van der Waals surface area contributed by atoms with Crippen LogP contribution >= 0.6 is 0 Å². The number of hydrogen-bond donors (Lipinski definition) is 0. The van der Waals surface area contributed by atoms with Crippen molar-refractivity contribution in [3.05, 3.63) is 60.7 Å². The number of nitrogens with zero attached hydrogens (tertiary/aromatic N) is 3. The van der Waals surface area contributed by atoms with Gasteiger partial charge >= 0.3 is 0 Å². The summed E-state index contributed by atoms with van der Waals surface area (Å²) >= 11 is 0. The maximum absolute atomic E-state index is 4.41. The van der Waals surface area contributed by atoms with Gasteiger partial charge in [-0.1, -0.05) is 48.5 Å². The van der Waals surface area contributed by atoms with E-state index in [-0.39, 0.29) is 0 Å². The molecule has 0 unspecified atom stereocenters. The van der Waals surface area contributed by atoms with Crippen LogP contribution in [0, 0.1) is 0 Å². The van der Waals surface area contributed by atoms with Crippen molar-refractivity contribution in [2.45, 2.75) is 0 Å². The van der Waals surface area contributed by atoms with Gasteiger partial charge in [0.2, 0.25) is 0 Å². The lowest BCUT2D eigenvalue weighted by atomic mass is 10.1. The number of hydrogen-bond acceptors (Lipinski definition) is 2. The minimum absolute atomic E-state index is 0.912. The van der Waals surface area contributed by atoms with Gasteiger partial charge in [-0.15, -0.1) is 10.2 Å². The molecule has 0 spiro atoms. The average molecular weight is 259 g/mol. The smallest absolute Gasteiger partial charge is 0.163 e. The van der Waals surface area contributed by atoms with Crippen molar-refractivity contribution in [2.24, 2.45) is 7.05 Å². The van der Waals surface area contributed by atoms with Gasteiger partial charge in [-0.05, 0) is 12.1 Å². The Balaban J connectivity index is 2.07. The zero-order valence-corrected chi connectivity index (χ0v) is 11.1. The molecule has 0 radical (unpaired) electrons. The van der Waals surface area contributed by atoms with Gasteiger partial charge in [0.25, 0.3) is 0 Å². The molecule has 20 heavy (non-hydrogen) atoms. The van der Waals surface area contributed by atoms with Crippen molar-refractivity contribution in [1.82, 2.24) is 14.8 Å². The summed E-state index contributed by atoms with van der Waals surface area (Å²) in [5, 5.41) is 11.1. The lowest BCUT2D eigenvalue weighted by molar-refractivity contribution is 0.949. The van der Waals surface area contributed by atoms with Crippen LogP contribution in [-0.4, -0.2) is 14.8 Å². The summed E-state index contributed by atoms with van der Waals surface area (Å²) < 4.78 is 2.09. The van der Waals surface area contributed by atoms with Crippen LogP contribution in [0.1, 0.15) is 0 Å². The zero-order valence-electron chi connectivity index (χ0n) is 11.1. The molecule has 0 atom stereocenters. The number of aryl methyl sites for hydroxylation is 1. The summed E-state index contributed by atoms with van der Waals surface area (Å²) in [7, 11) is 2.03. The van der Waals surface area contributed by atoms with Crippen LogP contribution in [0.4, 0.5) is 0 Å². The van der Waals surface area contributed by atoms with Gasteiger partial charge in [-0.25, -0.2) is 0 Å². The maximum atomic E-state index is 4.41. The van der Waals surface area contributed by atoms with Crippen LogP contribution in [0.15, 0.2) is 60.7 Å². The van der Waals surface area contributed by atoms with Crippen molar-refractivity contribution in [3.8, 4) is 11.3 Å². The SMILES string of the molecule is Cn1c2ccccc2c2cc(-c3ccccc3)nnc21. The highest BCUT2D eigenvalue weighted by Gasteiger charge is 2.10. The van der Waals surface area contributed by atoms with Crippen LogP contribution in [0.2, 0.25) is 0 Å². The van der Waals surface area contributed by atoms with Crippen LogP contribution in [0.5, 0.6) is 0 Å². The van der Waals surface area contributed by atoms with Crippen molar-refractivity contribution >= 4 is 21.9 Å². The van der Waals surface area contributed by atoms with Crippen LogP contribution in [0.3, 0.4) is 0 Å². The molecule has 0 saturated heterocycles. The number of benzene rings is 2. The molecule has 3 heteroatoms. The van der Waals surface area contributed by atoms with Crippen LogP contribution in [0.25, 0.3) is 33.2 Å². The molecule has 0 aliphatic carbocycles. The van der Waals surface area contributed by atoms with E-state index in [1.54, 1.807) is 0 Å². The minimum Gasteiger partial charge on any atom is -0.327 e. The standard InChI is InChI=1S/C17H13N3/c1-20-16-10-6-5-9-13(16)14-11-15(18-19-17(14)20)12-7-3-2-4-8-12/h2-11H,1H3. The third-order valence-electron chi connectivity index (χ3n) is 3.72. The minimum atomic E-state index is 0.912. The molecule has 0 fully saturated rings. The Hall–Kier alpha value is -2.68. The molecule has 2 heterocycles. The van der Waals surface area contributed by atoms with Gasteiger partial charge < -0.3 is 4.57 Å². The second-order valence-corrected chi connectivity index (χ2v) is 4.91. The van der Waals surface area contributed by atoms with E-state index in [0.717, 1.165) is 22.3 Å². The molecule has 2 aromatic carbocycles. The highest BCUT2D eigenvalue weighted by molar-refractivity contribution is 6.07. The Morgan fingerprint density at radius 3 is 2.40 bits per heavy atom. The van der Waals surface area contributed by atoms with E-state index in [1.165, 1.54) is 10.9 Å². The molecule has 3 nitrogen and oxygen atoms in total. The molecular formula is C17H13N3. The predicted octanol–water partition coefficient (Wildman–Crippen LogP) is 3.79. The summed E-state index contributed by atoms with van der Waals surface area (Å²) in [6.45, 7) is 0. The van der Waals surface area contributed by atoms with Gasteiger partial charge in [0, 0.05) is 23.4 Å². The fourth-order valence-corrected chi connectivity index (χ4v) is 2.69. The second kappa shape index (κ2) is 4.17. The number of aromatic nitrogens is 3. The fourth-order valence-electron chi connectivity index (χ4n) is 2.69. The highest BCUT2D eigenvalue weighted by atomic mass is 15.2. The lowest BCUT2D eigenvalue weighted by Gasteiger charge is -2.00. The van der Waals surface area contributed by atoms with Crippen molar-refractivity contribution in [1.29, 1.82) is 0 Å². The van der Waals surface area contributed by atoms with E-state index >= 15 is 0 Å². The van der Waals surface area contributed by atoms with Gasteiger partial charge in [0.05, 0.1) is 11.2 Å². The molecule has 4 rings (SSSR count). The van der Waals surface area contributed by atoms with Gasteiger partial charge in [-0.3, -0.25) is 0 Å². The van der Waals surface area contributed by atoms with E-state index in [2.05, 4.69) is 51.2 Å². The highest BCUT2D eigenvalue weighted by Crippen LogP contribution is 2.28. The van der Waals surface area contributed by atoms with Crippen molar-refractivity contribution < 1.29 is 0 Å². The Morgan fingerprint density at radius 1 is 0.800 bits per heavy atom. The molecule has 0 N–H and O–H groups in total. The van der Waals surface area contributed by atoms with Crippen molar-refractivity contribution in [2.75, 3.05) is 0 Å². The summed E-state index contributed by atoms with van der Waals surface area (Å²) in [6, 6.07) is 20.6. The first-order valence-corrected chi connectivity index (χ1v) is 6.61. The van der Waals surface area contributed by atoms with Gasteiger partial charge in [-0.2, -0.15) is 0 Å². The predicted molar refractivity (Wildman–Crippen MR) is 81.5 cm³/mol. The summed E-state index contributed by atoms with van der Waals surface area (Å²) in [4.78, 5) is 0. The van der Waals surface area contributed by atoms with E-state index in [4.69, 9.17) is 0 Å². The van der Waals surface area contributed by atoms with E-state index < -0.39 is 0 Å². The molecule has 0 aliphatic heterocycles. The van der Waals surface area contributed by atoms with E-state index in [1.807, 2.05) is 31.3 Å². The lowest BCUT2D eigenvalue weighted by Crippen LogP contribution is -1.93. The van der Waals surface area contributed by atoms with Gasteiger partial charge in [0.15, 0.2) is 5.65 Å². The molecule has 0 bridgehead atoms. The largest absolute Gasteiger partial charge is 0.327 e. The third kappa shape index (κ3) is 1.53. The number of para-hydroxylation sites is 1. The van der Waals surface area contributed by atoms with Crippen LogP contribution in [-0.2, 0) is 7.05 Å². The first kappa shape index (κ1) is 11.2. The summed E-state index contributed by atoms with van der Waals surface area (Å²) in [5.41, 5.74) is 4.11. The van der Waals surface area contributed by atoms with Crippen molar-refractivity contribution in [3.63, 3.8) is 0 Å². The first-order valence-electron chi connectivity index (χ1n) is 6.61. The van der Waals surface area contributed by atoms with E-state index in [9.17, 15) is 0 Å². The summed E-state index contributed by atoms with van der Waals surface area (Å²) in [6.07, 6.45) is 0. The molecule has 0 aliphatic rings. The average Bonchev–Trinajstić information content (AvgIpc) is 2.81. The van der Waals surface area contributed by atoms with Gasteiger partial charge in [0.1, 0.15) is 0 Å². The second-order valence-electron chi connectivity index (χ2n) is 4.91.